The van der Waals surface area contributed by atoms with Crippen molar-refractivity contribution in [3.05, 3.63) is 306 Å². The van der Waals surface area contributed by atoms with Crippen molar-refractivity contribution in [1.82, 2.24) is 0 Å². The second-order valence-electron chi connectivity index (χ2n) is 45.9. The molecular weight excluding hydrogens is 1900 g/mol. The van der Waals surface area contributed by atoms with E-state index in [4.69, 9.17) is 48.2 Å². The maximum atomic E-state index is 6.03. The third-order valence-corrected chi connectivity index (χ3v) is 34.0. The summed E-state index contributed by atoms with van der Waals surface area (Å²) in [5, 5.41) is 0. The number of ether oxygens (including phenoxy) is 2. The van der Waals surface area contributed by atoms with Crippen LogP contribution in [0.3, 0.4) is 0 Å². The van der Waals surface area contributed by atoms with Gasteiger partial charge in [0.25, 0.3) is 0 Å². The quantitative estimate of drug-likeness (QED) is 0.0417. The van der Waals surface area contributed by atoms with Crippen molar-refractivity contribution in [2.75, 3.05) is 19.6 Å². The van der Waals surface area contributed by atoms with Crippen molar-refractivity contribution in [2.24, 2.45) is 0 Å². The first-order valence-electron chi connectivity index (χ1n) is 49.0. The van der Waals surface area contributed by atoms with E-state index in [0.717, 1.165) is 50.4 Å². The summed E-state index contributed by atoms with van der Waals surface area (Å²) in [6.07, 6.45) is 34.7. The Bertz CT molecular complexity index is 4800. The van der Waals surface area contributed by atoms with Gasteiger partial charge in [-0.2, -0.15) is 0 Å². The molecule has 133 heavy (non-hydrogen) atoms. The van der Waals surface area contributed by atoms with Gasteiger partial charge in [-0.15, -0.1) is 13.3 Å². The molecule has 726 valence electrons. The number of anilines is 4. The molecule has 3 saturated carbocycles. The fourth-order valence-corrected chi connectivity index (χ4v) is 26.5. The van der Waals surface area contributed by atoms with Crippen molar-refractivity contribution < 1.29 is 36.5 Å². The van der Waals surface area contributed by atoms with Gasteiger partial charge < -0.3 is 24.3 Å². The standard InChI is InChI=1S/2C31H45N2.C18H33P.C17H18O.C16H16O.C7H6.4ClH.2Ru/c2*1-28(2,3)22-15-23(29(4,5)6)18-26(17-22)32-13-14-33(21-32)27-19-24(30(7,8)9)16-25(20-27)31(10,11)12;1-4-10-16(11-5-1)19(17-12-6-2-7-13-17)18-14-8-3-9-15-18;1-4-14-11-8-12-16(17(14)18-13(2)3)15-9-6-5-7-10-15;1-12(2)17-16-13(3)8-7-11-15(16)14-9-5-4-6-10-14;1-7-5-3-2-4-6-7;;;;;;/h2*13-21H,1-12H3;16-18H,1-15H2;4-13H,1H2,2-3H3;3-12H,1-2H3;1-6H;4*1H;;/q2*-1;;;;;;;;;2*+2/p-2. The maximum absolute atomic E-state index is 6.03. The summed E-state index contributed by atoms with van der Waals surface area (Å²) in [5.41, 5.74) is 28.0. The Hall–Kier alpha value is -6.42. The van der Waals surface area contributed by atoms with Gasteiger partial charge in [0.2, 0.25) is 0 Å². The zero-order chi connectivity index (χ0) is 97.8. The number of benzene rings is 9. The number of aliphatic hydroxyl groups is 1. The minimum absolute atomic E-state index is 0.0465. The van der Waals surface area contributed by atoms with Gasteiger partial charge in [0.05, 0.1) is 23.1 Å². The monoisotopic (exact) mass is 2070 g/mol. The predicted octanol–water partition coefficient (Wildman–Crippen LogP) is 36.4. The van der Waals surface area contributed by atoms with E-state index in [1.54, 1.807) is 96.3 Å². The summed E-state index contributed by atoms with van der Waals surface area (Å²) in [5.74, 6) is 1.89. The molecule has 3 fully saturated rings. The molecule has 2 aliphatic heterocycles. The summed E-state index contributed by atoms with van der Waals surface area (Å²) in [4.78, 5) is 9.02. The predicted molar refractivity (Wildman–Crippen MR) is 588 cm³/mol. The number of halogens is 4. The SMILES string of the molecule is C1CCC([PH+](C2CCCCC2)C2CCCCC2)CC1.C=Cc1cccc(-c2ccccc2)c1OC(C)C.CC(C)(C)c1cc(N2C=CN(c3cc(C(C)(C)C)cc(C(C)(C)C)c3)[CH-]2)cc(C(C)(C)C)c1.CC(C)(C)c1cc(N2C=CN(c3cc(C(C)(C)C)cc(C(C)(C)C)c3)[CH-]2)cc(C(C)(C)C)c1.CC(C)[OH+]c1c([CH]=[Ru]([Cl])[Cl])cccc1-c1ccccc1.[Cl][Ru]([Cl])=[CH]c1ccccc1. The Labute approximate surface area is 836 Å². The van der Waals surface area contributed by atoms with Crippen molar-refractivity contribution in [2.45, 2.75) is 363 Å². The van der Waals surface area contributed by atoms with Crippen LogP contribution in [0.2, 0.25) is 0 Å². The first-order valence-corrected chi connectivity index (χ1v) is 61.7. The van der Waals surface area contributed by atoms with Crippen LogP contribution in [-0.2, 0) is 70.4 Å². The molecule has 13 heteroatoms. The van der Waals surface area contributed by atoms with Gasteiger partial charge in [0, 0.05) is 41.8 Å². The molecule has 9 aromatic carbocycles. The number of rotatable bonds is 16. The van der Waals surface area contributed by atoms with Crippen molar-refractivity contribution in [1.29, 1.82) is 0 Å². The van der Waals surface area contributed by atoms with E-state index >= 15 is 0 Å². The van der Waals surface area contributed by atoms with Crippen LogP contribution in [0, 0.1) is 13.3 Å². The Morgan fingerprint density at radius 3 is 0.880 bits per heavy atom. The molecule has 0 radical (unpaired) electrons. The molecule has 0 atom stereocenters. The Morgan fingerprint density at radius 1 is 0.346 bits per heavy atom. The van der Waals surface area contributed by atoms with Gasteiger partial charge >= 0.3 is 207 Å². The third-order valence-electron chi connectivity index (χ3n) is 25.7. The molecule has 2 heterocycles. The van der Waals surface area contributed by atoms with E-state index in [1.807, 2.05) is 120 Å². The molecule has 14 rings (SSSR count). The molecule has 6 nitrogen and oxygen atoms in total. The van der Waals surface area contributed by atoms with Crippen LogP contribution in [0.4, 0.5) is 22.7 Å². The van der Waals surface area contributed by atoms with Crippen molar-refractivity contribution in [3.63, 3.8) is 0 Å². The average molecular weight is 2070 g/mol. The second kappa shape index (κ2) is 48.9. The molecule has 1 N–H and O–H groups in total. The van der Waals surface area contributed by atoms with Crippen LogP contribution >= 0.6 is 46.7 Å². The molecule has 3 aliphatic carbocycles. The number of nitrogens with zero attached hydrogens (tertiary/aromatic N) is 4. The fourth-order valence-electron chi connectivity index (χ4n) is 17.7. The molecule has 5 aliphatic rings. The first kappa shape index (κ1) is 110. The van der Waals surface area contributed by atoms with Gasteiger partial charge in [0.15, 0.2) is 0 Å². The van der Waals surface area contributed by atoms with Crippen molar-refractivity contribution >= 4 is 84.7 Å². The number of hydrogen-bond donors (Lipinski definition) is 0. The third kappa shape index (κ3) is 34.0. The fraction of sp³-hybridized carbons (Fsp3) is 0.467. The van der Waals surface area contributed by atoms with Gasteiger partial charge in [0.1, 0.15) is 5.75 Å². The van der Waals surface area contributed by atoms with E-state index < -0.39 is 27.0 Å². The Balaban J connectivity index is 0.000000186. The van der Waals surface area contributed by atoms with Crippen LogP contribution in [0.15, 0.2) is 232 Å². The summed E-state index contributed by atoms with van der Waals surface area (Å²) in [6.45, 7) is 71.5. The van der Waals surface area contributed by atoms with Crippen LogP contribution in [0.5, 0.6) is 11.5 Å². The average Bonchev–Trinajstić information content (AvgIpc) is 1.75. The van der Waals surface area contributed by atoms with Gasteiger partial charge in [-0.3, -0.25) is 0 Å². The molecule has 0 aromatic heterocycles. The molecule has 0 saturated heterocycles. The summed E-state index contributed by atoms with van der Waals surface area (Å²) < 4.78 is 14.6. The number of aromatic hydroxyl groups is 1. The molecular formula is C120H165Cl4N4O2PRu2. The number of para-hydroxylation sites is 2. The first-order chi connectivity index (χ1) is 62.2. The van der Waals surface area contributed by atoms with E-state index in [9.17, 15) is 0 Å². The summed E-state index contributed by atoms with van der Waals surface area (Å²) in [6, 6.07) is 70.9. The number of hydrogen-bond acceptors (Lipinski definition) is 5. The molecule has 0 amide bonds. The van der Waals surface area contributed by atoms with Gasteiger partial charge in [-0.05, 0) is 258 Å². The van der Waals surface area contributed by atoms with Crippen LogP contribution in [0.25, 0.3) is 28.3 Å². The molecule has 0 bridgehead atoms. The molecule has 0 unspecified atom stereocenters. The van der Waals surface area contributed by atoms with Crippen LogP contribution in [-0.4, -0.2) is 43.1 Å². The van der Waals surface area contributed by atoms with E-state index in [1.165, 1.54) is 84.2 Å². The van der Waals surface area contributed by atoms with Crippen molar-refractivity contribution in [3.8, 4) is 33.8 Å². The Kier molecular flexibility index (Phi) is 40.5. The van der Waals surface area contributed by atoms with E-state index in [-0.39, 0.29) is 63.4 Å². The zero-order valence-electron chi connectivity index (χ0n) is 86.3. The second-order valence-corrected chi connectivity index (χ2v) is 60.8. The minimum atomic E-state index is -1.87. The molecule has 0 spiro atoms. The van der Waals surface area contributed by atoms with Crippen LogP contribution < -0.4 is 24.3 Å². The molecule has 9 aromatic rings. The van der Waals surface area contributed by atoms with E-state index in [0.29, 0.717) is 0 Å². The Morgan fingerprint density at radius 2 is 0.617 bits per heavy atom. The zero-order valence-corrected chi connectivity index (χ0v) is 93.8. The summed E-state index contributed by atoms with van der Waals surface area (Å²) >= 11 is -3.48. The van der Waals surface area contributed by atoms with E-state index in [2.05, 4.69) is 354 Å². The van der Waals surface area contributed by atoms with Gasteiger partial charge in [-0.25, -0.2) is 0 Å². The van der Waals surface area contributed by atoms with Crippen LogP contribution in [0.1, 0.15) is 351 Å². The summed E-state index contributed by atoms with van der Waals surface area (Å²) in [7, 11) is 23.3. The van der Waals surface area contributed by atoms with Gasteiger partial charge in [-0.1, -0.05) is 271 Å². The topological polar surface area (TPSA) is 35.0 Å². The normalized spacial score (nSPS) is 15.8.